The molecule has 0 atom stereocenters. The van der Waals surface area contributed by atoms with Crippen molar-refractivity contribution in [3.05, 3.63) is 55.7 Å². The number of carbonyl (C=O) groups excluding carboxylic acids is 1. The maximum atomic E-state index is 12.0. The van der Waals surface area contributed by atoms with Crippen LogP contribution in [0.15, 0.2) is 36.4 Å². The van der Waals surface area contributed by atoms with Gasteiger partial charge in [0.25, 0.3) is 11.6 Å². The molecule has 8 heteroatoms. The van der Waals surface area contributed by atoms with Gasteiger partial charge < -0.3 is 9.64 Å². The molecule has 1 aromatic heterocycles. The number of halogens is 1. The average Bonchev–Trinajstić information content (AvgIpc) is 2.90. The molecule has 0 saturated heterocycles. The van der Waals surface area contributed by atoms with Gasteiger partial charge in [0.2, 0.25) is 0 Å². The summed E-state index contributed by atoms with van der Waals surface area (Å²) in [6.07, 6.45) is 0. The second-order valence-electron chi connectivity index (χ2n) is 4.50. The Bertz CT molecular complexity index is 689. The first-order valence-corrected chi connectivity index (χ1v) is 7.50. The third-order valence-electron chi connectivity index (χ3n) is 2.84. The predicted octanol–water partition coefficient (Wildman–Crippen LogP) is 3.35. The van der Waals surface area contributed by atoms with E-state index in [4.69, 9.17) is 16.3 Å². The van der Waals surface area contributed by atoms with E-state index in [9.17, 15) is 14.9 Å². The summed E-state index contributed by atoms with van der Waals surface area (Å²) in [7, 11) is 1.66. The van der Waals surface area contributed by atoms with Gasteiger partial charge in [0.15, 0.2) is 6.61 Å². The molecule has 22 heavy (non-hydrogen) atoms. The van der Waals surface area contributed by atoms with Crippen LogP contribution in [-0.4, -0.2) is 29.4 Å². The highest BCUT2D eigenvalue weighted by molar-refractivity contribution is 7.16. The lowest BCUT2D eigenvalue weighted by molar-refractivity contribution is -0.384. The molecule has 6 nitrogen and oxygen atoms in total. The SMILES string of the molecule is CN(Cc1ccc(Cl)s1)C(=O)COc1cccc([N+](=O)[O-])c1. The molecule has 0 radical (unpaired) electrons. The van der Waals surface area contributed by atoms with Crippen molar-refractivity contribution in [1.29, 1.82) is 0 Å². The van der Waals surface area contributed by atoms with E-state index in [-0.39, 0.29) is 24.0 Å². The van der Waals surface area contributed by atoms with E-state index >= 15 is 0 Å². The number of thiophene rings is 1. The Hall–Kier alpha value is -2.12. The smallest absolute Gasteiger partial charge is 0.273 e. The van der Waals surface area contributed by atoms with Crippen LogP contribution in [0.5, 0.6) is 5.75 Å². The fraction of sp³-hybridized carbons (Fsp3) is 0.214. The number of ether oxygens (including phenoxy) is 1. The van der Waals surface area contributed by atoms with Crippen molar-refractivity contribution in [2.24, 2.45) is 0 Å². The minimum Gasteiger partial charge on any atom is -0.484 e. The highest BCUT2D eigenvalue weighted by Crippen LogP contribution is 2.22. The summed E-state index contributed by atoms with van der Waals surface area (Å²) in [5, 5.41) is 10.7. The number of likely N-dealkylation sites (N-methyl/N-ethyl adjacent to an activating group) is 1. The first-order chi connectivity index (χ1) is 10.5. The molecule has 1 aromatic carbocycles. The summed E-state index contributed by atoms with van der Waals surface area (Å²) in [6.45, 7) is 0.255. The zero-order valence-electron chi connectivity index (χ0n) is 11.7. The van der Waals surface area contributed by atoms with Gasteiger partial charge in [0.05, 0.1) is 21.9 Å². The largest absolute Gasteiger partial charge is 0.484 e. The fourth-order valence-electron chi connectivity index (χ4n) is 1.70. The van der Waals surface area contributed by atoms with Crippen molar-refractivity contribution >= 4 is 34.5 Å². The van der Waals surface area contributed by atoms with Gasteiger partial charge in [-0.25, -0.2) is 0 Å². The topological polar surface area (TPSA) is 72.7 Å². The van der Waals surface area contributed by atoms with Crippen LogP contribution in [0.25, 0.3) is 0 Å². The highest BCUT2D eigenvalue weighted by Gasteiger charge is 2.12. The van der Waals surface area contributed by atoms with Gasteiger partial charge in [-0.15, -0.1) is 11.3 Å². The number of nitro benzene ring substituents is 1. The Morgan fingerprint density at radius 2 is 2.18 bits per heavy atom. The Morgan fingerprint density at radius 1 is 1.41 bits per heavy atom. The van der Waals surface area contributed by atoms with Crippen LogP contribution in [0.1, 0.15) is 4.88 Å². The average molecular weight is 341 g/mol. The summed E-state index contributed by atoms with van der Waals surface area (Å²) in [5.74, 6) is 0.0612. The molecule has 0 aliphatic rings. The van der Waals surface area contributed by atoms with E-state index in [1.54, 1.807) is 19.2 Å². The molecule has 0 bridgehead atoms. The molecular weight excluding hydrogens is 328 g/mol. The molecule has 116 valence electrons. The van der Waals surface area contributed by atoms with Gasteiger partial charge in [-0.1, -0.05) is 17.7 Å². The number of rotatable bonds is 6. The van der Waals surface area contributed by atoms with Gasteiger partial charge in [0, 0.05) is 18.0 Å². The number of hydrogen-bond acceptors (Lipinski definition) is 5. The molecule has 1 heterocycles. The quantitative estimate of drug-likeness (QED) is 0.597. The summed E-state index contributed by atoms with van der Waals surface area (Å²) in [6, 6.07) is 9.36. The third kappa shape index (κ3) is 4.44. The number of nitro groups is 1. The van der Waals surface area contributed by atoms with Crippen molar-refractivity contribution in [2.45, 2.75) is 6.54 Å². The molecule has 0 aliphatic carbocycles. The Labute approximate surface area is 136 Å². The maximum Gasteiger partial charge on any atom is 0.273 e. The Balaban J connectivity index is 1.89. The minimum atomic E-state index is -0.513. The molecule has 0 saturated carbocycles. The summed E-state index contributed by atoms with van der Waals surface area (Å²) >= 11 is 7.25. The van der Waals surface area contributed by atoms with Crippen molar-refractivity contribution in [2.75, 3.05) is 13.7 Å². The summed E-state index contributed by atoms with van der Waals surface area (Å²) in [4.78, 5) is 24.6. The van der Waals surface area contributed by atoms with Crippen molar-refractivity contribution in [1.82, 2.24) is 4.90 Å². The molecule has 0 N–H and O–H groups in total. The van der Waals surface area contributed by atoms with Crippen LogP contribution < -0.4 is 4.74 Å². The second-order valence-corrected chi connectivity index (χ2v) is 6.30. The summed E-state index contributed by atoms with van der Waals surface area (Å²) < 4.78 is 5.97. The standard InChI is InChI=1S/C14H13ClN2O4S/c1-16(8-12-5-6-13(15)22-12)14(18)9-21-11-4-2-3-10(7-11)17(19)20/h2-7H,8-9H2,1H3. The van der Waals surface area contributed by atoms with E-state index in [0.29, 0.717) is 10.9 Å². The molecule has 0 spiro atoms. The second kappa shape index (κ2) is 7.24. The molecule has 1 amide bonds. The van der Waals surface area contributed by atoms with Gasteiger partial charge in [0.1, 0.15) is 5.75 Å². The first kappa shape index (κ1) is 16.3. The lowest BCUT2D eigenvalue weighted by Crippen LogP contribution is -2.30. The van der Waals surface area contributed by atoms with Gasteiger partial charge in [-0.2, -0.15) is 0 Å². The van der Waals surface area contributed by atoms with Crippen LogP contribution in [0.3, 0.4) is 0 Å². The van der Waals surface area contributed by atoms with E-state index in [1.807, 2.05) is 6.07 Å². The van der Waals surface area contributed by atoms with E-state index in [1.165, 1.54) is 34.4 Å². The molecular formula is C14H13ClN2O4S. The lowest BCUT2D eigenvalue weighted by Gasteiger charge is -2.16. The number of hydrogen-bond donors (Lipinski definition) is 0. The number of amides is 1. The van der Waals surface area contributed by atoms with E-state index in [2.05, 4.69) is 0 Å². The highest BCUT2D eigenvalue weighted by atomic mass is 35.5. The molecule has 0 fully saturated rings. The fourth-order valence-corrected chi connectivity index (χ4v) is 2.84. The van der Waals surface area contributed by atoms with E-state index < -0.39 is 4.92 Å². The normalized spacial score (nSPS) is 10.3. The number of benzene rings is 1. The predicted molar refractivity (Wildman–Crippen MR) is 84.4 cm³/mol. The van der Waals surface area contributed by atoms with Crippen LogP contribution in [-0.2, 0) is 11.3 Å². The van der Waals surface area contributed by atoms with Gasteiger partial charge in [-0.3, -0.25) is 14.9 Å². The van der Waals surface area contributed by atoms with Crippen molar-refractivity contribution in [3.63, 3.8) is 0 Å². The van der Waals surface area contributed by atoms with Gasteiger partial charge >= 0.3 is 0 Å². The number of nitrogens with zero attached hydrogens (tertiary/aromatic N) is 2. The van der Waals surface area contributed by atoms with E-state index in [0.717, 1.165) is 4.88 Å². The van der Waals surface area contributed by atoms with Crippen LogP contribution >= 0.6 is 22.9 Å². The number of carbonyl (C=O) groups is 1. The molecule has 2 aromatic rings. The zero-order valence-corrected chi connectivity index (χ0v) is 13.3. The van der Waals surface area contributed by atoms with Crippen LogP contribution in [0, 0.1) is 10.1 Å². The number of non-ortho nitro benzene ring substituents is 1. The Morgan fingerprint density at radius 3 is 2.82 bits per heavy atom. The third-order valence-corrected chi connectivity index (χ3v) is 4.05. The van der Waals surface area contributed by atoms with Crippen LogP contribution in [0.2, 0.25) is 4.34 Å². The van der Waals surface area contributed by atoms with Gasteiger partial charge in [-0.05, 0) is 18.2 Å². The monoisotopic (exact) mass is 340 g/mol. The molecule has 0 aliphatic heterocycles. The summed E-state index contributed by atoms with van der Waals surface area (Å²) in [5.41, 5.74) is -0.0773. The molecule has 2 rings (SSSR count). The molecule has 0 unspecified atom stereocenters. The lowest BCUT2D eigenvalue weighted by atomic mass is 10.3. The first-order valence-electron chi connectivity index (χ1n) is 6.31. The van der Waals surface area contributed by atoms with Crippen LogP contribution in [0.4, 0.5) is 5.69 Å². The maximum absolute atomic E-state index is 12.0. The van der Waals surface area contributed by atoms with Crippen molar-refractivity contribution < 1.29 is 14.5 Å². The van der Waals surface area contributed by atoms with Crippen molar-refractivity contribution in [3.8, 4) is 5.75 Å². The Kier molecular flexibility index (Phi) is 5.35. The minimum absolute atomic E-state index is 0.0773. The zero-order chi connectivity index (χ0) is 16.1.